The lowest BCUT2D eigenvalue weighted by atomic mass is 9.97. The Morgan fingerprint density at radius 2 is 2.05 bits per heavy atom. The second kappa shape index (κ2) is 6.34. The van der Waals surface area contributed by atoms with E-state index in [1.54, 1.807) is 4.90 Å². The first-order chi connectivity index (χ1) is 10.2. The molecule has 4 nitrogen and oxygen atoms in total. The van der Waals surface area contributed by atoms with Gasteiger partial charge in [-0.15, -0.1) is 0 Å². The molecule has 2 heterocycles. The van der Waals surface area contributed by atoms with Crippen molar-refractivity contribution in [3.05, 3.63) is 29.3 Å². The van der Waals surface area contributed by atoms with E-state index in [1.165, 1.54) is 0 Å². The number of halogens is 1. The summed E-state index contributed by atoms with van der Waals surface area (Å²) >= 11 is 6.21. The van der Waals surface area contributed by atoms with Crippen molar-refractivity contribution in [1.29, 1.82) is 0 Å². The van der Waals surface area contributed by atoms with Crippen molar-refractivity contribution < 1.29 is 9.90 Å². The number of aliphatic hydroxyl groups is 1. The number of anilines is 1. The number of carbonyl (C=O) groups is 1. The number of carbonyl (C=O) groups excluding carboxylic acids is 1. The van der Waals surface area contributed by atoms with Crippen LogP contribution in [-0.4, -0.2) is 48.2 Å². The predicted molar refractivity (Wildman–Crippen MR) is 83.6 cm³/mol. The van der Waals surface area contributed by atoms with Crippen LogP contribution >= 0.6 is 11.6 Å². The molecule has 0 saturated carbocycles. The molecule has 2 unspecified atom stereocenters. The Kier molecular flexibility index (Phi) is 4.48. The van der Waals surface area contributed by atoms with Gasteiger partial charge in [0.2, 0.25) is 5.91 Å². The summed E-state index contributed by atoms with van der Waals surface area (Å²) in [4.78, 5) is 16.8. The maximum Gasteiger partial charge on any atom is 0.244 e. The molecule has 0 aromatic heterocycles. The maximum atomic E-state index is 12.7. The molecule has 0 bridgehead atoms. The molecule has 1 N–H and O–H groups in total. The van der Waals surface area contributed by atoms with Crippen molar-refractivity contribution in [3.63, 3.8) is 0 Å². The van der Waals surface area contributed by atoms with Gasteiger partial charge in [0.1, 0.15) is 0 Å². The van der Waals surface area contributed by atoms with Crippen LogP contribution in [-0.2, 0) is 4.79 Å². The minimum atomic E-state index is -0.0596. The quantitative estimate of drug-likeness (QED) is 0.930. The minimum absolute atomic E-state index is 0.0596. The molecule has 114 valence electrons. The van der Waals surface area contributed by atoms with Crippen molar-refractivity contribution in [2.75, 3.05) is 31.1 Å². The molecule has 2 saturated heterocycles. The smallest absolute Gasteiger partial charge is 0.244 e. The van der Waals surface area contributed by atoms with Crippen molar-refractivity contribution in [3.8, 4) is 0 Å². The molecule has 1 aromatic rings. The van der Waals surface area contributed by atoms with Crippen LogP contribution < -0.4 is 4.90 Å². The van der Waals surface area contributed by atoms with Crippen LogP contribution in [0.3, 0.4) is 0 Å². The van der Waals surface area contributed by atoms with Gasteiger partial charge in [0.15, 0.2) is 0 Å². The third-order valence-corrected chi connectivity index (χ3v) is 4.89. The SMILES string of the molecule is O=C1C(N2CCCC(CO)C2)CCN1c1ccccc1Cl. The number of rotatable bonds is 3. The molecular formula is C16H21ClN2O2. The van der Waals surface area contributed by atoms with E-state index in [4.69, 9.17) is 11.6 Å². The van der Waals surface area contributed by atoms with E-state index in [0.717, 1.165) is 38.0 Å². The van der Waals surface area contributed by atoms with Crippen molar-refractivity contribution >= 4 is 23.2 Å². The van der Waals surface area contributed by atoms with Gasteiger partial charge in [-0.3, -0.25) is 9.69 Å². The van der Waals surface area contributed by atoms with Crippen LogP contribution in [0.4, 0.5) is 5.69 Å². The summed E-state index contributed by atoms with van der Waals surface area (Å²) in [6.07, 6.45) is 2.95. The van der Waals surface area contributed by atoms with Gasteiger partial charge < -0.3 is 10.0 Å². The second-order valence-electron chi connectivity index (χ2n) is 5.93. The number of hydrogen-bond acceptors (Lipinski definition) is 3. The van der Waals surface area contributed by atoms with Gasteiger partial charge in [-0.05, 0) is 43.9 Å². The number of likely N-dealkylation sites (tertiary alicyclic amines) is 1. The van der Waals surface area contributed by atoms with Gasteiger partial charge in [0.05, 0.1) is 16.8 Å². The van der Waals surface area contributed by atoms with Gasteiger partial charge in [-0.1, -0.05) is 23.7 Å². The molecule has 2 aliphatic rings. The summed E-state index contributed by atoms with van der Waals surface area (Å²) < 4.78 is 0. The van der Waals surface area contributed by atoms with E-state index in [0.29, 0.717) is 17.5 Å². The Hall–Kier alpha value is -1.10. The Balaban J connectivity index is 1.73. The highest BCUT2D eigenvalue weighted by Crippen LogP contribution is 2.31. The number of hydrogen-bond donors (Lipinski definition) is 1. The number of nitrogens with zero attached hydrogens (tertiary/aromatic N) is 2. The third-order valence-electron chi connectivity index (χ3n) is 4.57. The van der Waals surface area contributed by atoms with Crippen LogP contribution in [0.2, 0.25) is 5.02 Å². The van der Waals surface area contributed by atoms with E-state index in [-0.39, 0.29) is 18.6 Å². The summed E-state index contributed by atoms with van der Waals surface area (Å²) in [5.74, 6) is 0.447. The summed E-state index contributed by atoms with van der Waals surface area (Å²) in [7, 11) is 0. The molecule has 21 heavy (non-hydrogen) atoms. The fourth-order valence-corrected chi connectivity index (χ4v) is 3.68. The molecule has 2 fully saturated rings. The Labute approximate surface area is 130 Å². The normalized spacial score (nSPS) is 27.3. The third kappa shape index (κ3) is 2.93. The number of aliphatic hydroxyl groups excluding tert-OH is 1. The monoisotopic (exact) mass is 308 g/mol. The number of amides is 1. The molecular weight excluding hydrogens is 288 g/mol. The van der Waals surface area contributed by atoms with Crippen LogP contribution in [0.1, 0.15) is 19.3 Å². The van der Waals surface area contributed by atoms with Crippen LogP contribution in [0.15, 0.2) is 24.3 Å². The van der Waals surface area contributed by atoms with E-state index < -0.39 is 0 Å². The topological polar surface area (TPSA) is 43.8 Å². The first-order valence-electron chi connectivity index (χ1n) is 7.61. The first-order valence-corrected chi connectivity index (χ1v) is 7.99. The van der Waals surface area contributed by atoms with E-state index in [1.807, 2.05) is 24.3 Å². The van der Waals surface area contributed by atoms with Crippen molar-refractivity contribution in [1.82, 2.24) is 4.90 Å². The summed E-state index contributed by atoms with van der Waals surface area (Å²) in [6.45, 7) is 2.70. The zero-order chi connectivity index (χ0) is 14.8. The van der Waals surface area contributed by atoms with Crippen molar-refractivity contribution in [2.24, 2.45) is 5.92 Å². The standard InChI is InChI=1S/C16H21ClN2O2/c17-13-5-1-2-6-14(13)19-9-7-15(16(19)21)18-8-3-4-12(10-18)11-20/h1-2,5-6,12,15,20H,3-4,7-11H2. The molecule has 3 rings (SSSR count). The first kappa shape index (κ1) is 14.8. The molecule has 1 amide bonds. The van der Waals surface area contributed by atoms with E-state index in [9.17, 15) is 9.90 Å². The predicted octanol–water partition coefficient (Wildman–Crippen LogP) is 2.15. The highest BCUT2D eigenvalue weighted by atomic mass is 35.5. The van der Waals surface area contributed by atoms with Crippen LogP contribution in [0, 0.1) is 5.92 Å². The summed E-state index contributed by atoms with van der Waals surface area (Å²) in [6, 6.07) is 7.44. The number of para-hydroxylation sites is 1. The summed E-state index contributed by atoms with van der Waals surface area (Å²) in [5.41, 5.74) is 0.808. The Morgan fingerprint density at radius 3 is 2.81 bits per heavy atom. The Morgan fingerprint density at radius 1 is 1.24 bits per heavy atom. The lowest BCUT2D eigenvalue weighted by Crippen LogP contribution is -2.47. The average Bonchev–Trinajstić information content (AvgIpc) is 2.89. The molecule has 0 aliphatic carbocycles. The molecule has 2 aliphatic heterocycles. The van der Waals surface area contributed by atoms with E-state index in [2.05, 4.69) is 4.90 Å². The van der Waals surface area contributed by atoms with Crippen LogP contribution in [0.5, 0.6) is 0 Å². The highest BCUT2D eigenvalue weighted by Gasteiger charge is 2.38. The maximum absolute atomic E-state index is 12.7. The van der Waals surface area contributed by atoms with E-state index >= 15 is 0 Å². The van der Waals surface area contributed by atoms with Gasteiger partial charge in [-0.25, -0.2) is 0 Å². The zero-order valence-corrected chi connectivity index (χ0v) is 12.8. The molecule has 2 atom stereocenters. The summed E-state index contributed by atoms with van der Waals surface area (Å²) in [5, 5.41) is 9.97. The lowest BCUT2D eigenvalue weighted by Gasteiger charge is -2.35. The zero-order valence-electron chi connectivity index (χ0n) is 12.0. The molecule has 0 spiro atoms. The minimum Gasteiger partial charge on any atom is -0.396 e. The average molecular weight is 309 g/mol. The second-order valence-corrected chi connectivity index (χ2v) is 6.34. The number of piperidine rings is 1. The lowest BCUT2D eigenvalue weighted by molar-refractivity contribution is -0.122. The highest BCUT2D eigenvalue weighted by molar-refractivity contribution is 6.33. The van der Waals surface area contributed by atoms with Crippen LogP contribution in [0.25, 0.3) is 0 Å². The Bertz CT molecular complexity index is 523. The number of benzene rings is 1. The molecule has 0 radical (unpaired) electrons. The van der Waals surface area contributed by atoms with Crippen molar-refractivity contribution in [2.45, 2.75) is 25.3 Å². The van der Waals surface area contributed by atoms with Gasteiger partial charge in [-0.2, -0.15) is 0 Å². The fraction of sp³-hybridized carbons (Fsp3) is 0.562. The van der Waals surface area contributed by atoms with Gasteiger partial charge in [0, 0.05) is 19.7 Å². The molecule has 1 aromatic carbocycles. The molecule has 5 heteroatoms. The van der Waals surface area contributed by atoms with Gasteiger partial charge in [0.25, 0.3) is 0 Å². The van der Waals surface area contributed by atoms with Gasteiger partial charge >= 0.3 is 0 Å². The fourth-order valence-electron chi connectivity index (χ4n) is 3.44. The largest absolute Gasteiger partial charge is 0.396 e.